The summed E-state index contributed by atoms with van der Waals surface area (Å²) in [7, 11) is 1.84. The monoisotopic (exact) mass is 304 g/mol. The molecule has 0 aliphatic carbocycles. The van der Waals surface area contributed by atoms with Crippen LogP contribution in [0, 0.1) is 0 Å². The summed E-state index contributed by atoms with van der Waals surface area (Å²) in [5.74, 6) is 3.17. The molecule has 2 N–H and O–H groups in total. The fourth-order valence-electron chi connectivity index (χ4n) is 1.98. The average Bonchev–Trinajstić information content (AvgIpc) is 3.00. The summed E-state index contributed by atoms with van der Waals surface area (Å²) in [5, 5.41) is 7.07. The van der Waals surface area contributed by atoms with Crippen molar-refractivity contribution in [2.45, 2.75) is 11.7 Å². The van der Waals surface area contributed by atoms with E-state index < -0.39 is 0 Å². The zero-order valence-corrected chi connectivity index (χ0v) is 12.7. The van der Waals surface area contributed by atoms with Gasteiger partial charge in [-0.1, -0.05) is 17.8 Å². The van der Waals surface area contributed by atoms with Crippen LogP contribution in [0.3, 0.4) is 0 Å². The molecule has 0 bridgehead atoms. The summed E-state index contributed by atoms with van der Waals surface area (Å²) >= 11 is 1.51. The van der Waals surface area contributed by atoms with Crippen molar-refractivity contribution < 1.29 is 9.47 Å². The molecule has 0 saturated carbocycles. The second-order valence-corrected chi connectivity index (χ2v) is 5.19. The van der Waals surface area contributed by atoms with Crippen molar-refractivity contribution in [2.75, 3.05) is 30.7 Å². The molecule has 0 unspecified atom stereocenters. The maximum atomic E-state index is 5.38. The minimum Gasteiger partial charge on any atom is -0.454 e. The Balaban J connectivity index is 1.72. The van der Waals surface area contributed by atoms with E-state index in [0.717, 1.165) is 33.9 Å². The van der Waals surface area contributed by atoms with Crippen LogP contribution < -0.4 is 20.1 Å². The first-order chi connectivity index (χ1) is 10.3. The number of ether oxygens (including phenoxy) is 2. The first kappa shape index (κ1) is 13.8. The van der Waals surface area contributed by atoms with Crippen molar-refractivity contribution >= 4 is 23.4 Å². The van der Waals surface area contributed by atoms with Gasteiger partial charge in [-0.05, 0) is 24.0 Å². The van der Waals surface area contributed by atoms with Gasteiger partial charge in [0.15, 0.2) is 16.7 Å². The molecule has 1 aromatic carbocycles. The van der Waals surface area contributed by atoms with Gasteiger partial charge in [-0.2, -0.15) is 0 Å². The molecule has 0 spiro atoms. The lowest BCUT2D eigenvalue weighted by Gasteiger charge is -2.09. The fourth-order valence-corrected chi connectivity index (χ4v) is 2.36. The molecule has 3 rings (SSSR count). The first-order valence-electron chi connectivity index (χ1n) is 6.51. The number of benzene rings is 1. The predicted molar refractivity (Wildman–Crippen MR) is 83.3 cm³/mol. The number of aromatic nitrogens is 2. The van der Waals surface area contributed by atoms with Crippen LogP contribution in [0.1, 0.15) is 5.56 Å². The molecule has 7 heteroatoms. The van der Waals surface area contributed by atoms with Crippen molar-refractivity contribution in [1.82, 2.24) is 9.97 Å². The van der Waals surface area contributed by atoms with Crippen LogP contribution in [0.15, 0.2) is 29.4 Å². The molecule has 1 aliphatic rings. The largest absolute Gasteiger partial charge is 0.454 e. The summed E-state index contributed by atoms with van der Waals surface area (Å²) in [5.41, 5.74) is 1.11. The number of anilines is 2. The maximum Gasteiger partial charge on any atom is 0.231 e. The van der Waals surface area contributed by atoms with Gasteiger partial charge < -0.3 is 20.1 Å². The van der Waals surface area contributed by atoms with Gasteiger partial charge in [-0.15, -0.1) is 0 Å². The van der Waals surface area contributed by atoms with E-state index in [0.29, 0.717) is 13.3 Å². The third-order valence-corrected chi connectivity index (χ3v) is 3.60. The van der Waals surface area contributed by atoms with Gasteiger partial charge >= 0.3 is 0 Å². The summed E-state index contributed by atoms with van der Waals surface area (Å²) in [6.45, 7) is 0.950. The highest BCUT2D eigenvalue weighted by atomic mass is 32.2. The summed E-state index contributed by atoms with van der Waals surface area (Å²) in [6, 6.07) is 7.79. The first-order valence-corrected chi connectivity index (χ1v) is 7.74. The topological polar surface area (TPSA) is 68.3 Å². The van der Waals surface area contributed by atoms with Gasteiger partial charge in [-0.25, -0.2) is 9.97 Å². The highest BCUT2D eigenvalue weighted by Crippen LogP contribution is 2.32. The van der Waals surface area contributed by atoms with Crippen LogP contribution in [0.4, 0.5) is 11.6 Å². The van der Waals surface area contributed by atoms with Crippen LogP contribution in [0.25, 0.3) is 0 Å². The Kier molecular flexibility index (Phi) is 4.01. The lowest BCUT2D eigenvalue weighted by molar-refractivity contribution is 0.174. The molecule has 2 aromatic rings. The van der Waals surface area contributed by atoms with E-state index in [-0.39, 0.29) is 0 Å². The van der Waals surface area contributed by atoms with Gasteiger partial charge in [-0.3, -0.25) is 0 Å². The number of rotatable bonds is 5. The van der Waals surface area contributed by atoms with Crippen LogP contribution in [-0.2, 0) is 6.54 Å². The number of nitrogens with one attached hydrogen (secondary N) is 2. The highest BCUT2D eigenvalue weighted by Gasteiger charge is 2.13. The molecule has 110 valence electrons. The zero-order valence-electron chi connectivity index (χ0n) is 11.8. The Bertz CT molecular complexity index is 629. The number of fused-ring (bicyclic) bond motifs is 1. The van der Waals surface area contributed by atoms with Crippen LogP contribution in [0.2, 0.25) is 0 Å². The van der Waals surface area contributed by atoms with Gasteiger partial charge in [0.05, 0.1) is 0 Å². The third-order valence-electron chi connectivity index (χ3n) is 3.05. The molecule has 0 fully saturated rings. The molecule has 0 atom stereocenters. The van der Waals surface area contributed by atoms with Crippen molar-refractivity contribution in [3.63, 3.8) is 0 Å². The molecular weight excluding hydrogens is 288 g/mol. The number of thioether (sulfide) groups is 1. The van der Waals surface area contributed by atoms with Gasteiger partial charge in [0.25, 0.3) is 0 Å². The predicted octanol–water partition coefficient (Wildman–Crippen LogP) is 2.58. The Hall–Kier alpha value is -2.15. The van der Waals surface area contributed by atoms with E-state index in [4.69, 9.17) is 9.47 Å². The summed E-state index contributed by atoms with van der Waals surface area (Å²) in [4.78, 5) is 8.77. The van der Waals surface area contributed by atoms with E-state index in [9.17, 15) is 0 Å². The van der Waals surface area contributed by atoms with Gasteiger partial charge in [0.2, 0.25) is 6.79 Å². The minimum absolute atomic E-state index is 0.292. The highest BCUT2D eigenvalue weighted by molar-refractivity contribution is 7.98. The lowest BCUT2D eigenvalue weighted by Crippen LogP contribution is -2.04. The van der Waals surface area contributed by atoms with E-state index in [1.54, 1.807) is 0 Å². The van der Waals surface area contributed by atoms with Crippen molar-refractivity contribution in [1.29, 1.82) is 0 Å². The minimum atomic E-state index is 0.292. The number of hydrogen-bond donors (Lipinski definition) is 2. The smallest absolute Gasteiger partial charge is 0.231 e. The van der Waals surface area contributed by atoms with Gasteiger partial charge in [0.1, 0.15) is 11.6 Å². The molecular formula is C14H16N4O2S. The normalized spacial score (nSPS) is 12.3. The second-order valence-electron chi connectivity index (χ2n) is 4.42. The van der Waals surface area contributed by atoms with E-state index in [1.165, 1.54) is 11.8 Å². The lowest BCUT2D eigenvalue weighted by atomic mass is 10.2. The van der Waals surface area contributed by atoms with Crippen LogP contribution in [-0.4, -0.2) is 30.1 Å². The molecule has 1 aromatic heterocycles. The molecule has 0 radical (unpaired) electrons. The van der Waals surface area contributed by atoms with Crippen LogP contribution >= 0.6 is 11.8 Å². The van der Waals surface area contributed by atoms with Crippen molar-refractivity contribution in [3.8, 4) is 11.5 Å². The Labute approximate surface area is 127 Å². The van der Waals surface area contributed by atoms with E-state index in [2.05, 4.69) is 20.6 Å². The zero-order chi connectivity index (χ0) is 14.7. The Morgan fingerprint density at radius 2 is 1.95 bits per heavy atom. The molecule has 0 saturated heterocycles. The molecule has 21 heavy (non-hydrogen) atoms. The number of hydrogen-bond acceptors (Lipinski definition) is 7. The Morgan fingerprint density at radius 3 is 2.76 bits per heavy atom. The van der Waals surface area contributed by atoms with Crippen LogP contribution in [0.5, 0.6) is 11.5 Å². The quantitative estimate of drug-likeness (QED) is 0.650. The summed E-state index contributed by atoms with van der Waals surface area (Å²) in [6.07, 6.45) is 1.95. The third kappa shape index (κ3) is 3.13. The Morgan fingerprint density at radius 1 is 1.14 bits per heavy atom. The van der Waals surface area contributed by atoms with E-state index >= 15 is 0 Å². The average molecular weight is 304 g/mol. The molecule has 0 amide bonds. The molecule has 2 heterocycles. The van der Waals surface area contributed by atoms with Gasteiger partial charge in [0, 0.05) is 19.7 Å². The van der Waals surface area contributed by atoms with E-state index in [1.807, 2.05) is 37.6 Å². The summed E-state index contributed by atoms with van der Waals surface area (Å²) < 4.78 is 10.7. The SMILES string of the molecule is CNc1cc(NCc2ccc3c(c2)OCO3)nc(SC)n1. The molecule has 6 nitrogen and oxygen atoms in total. The molecule has 1 aliphatic heterocycles. The second kappa shape index (κ2) is 6.09. The van der Waals surface area contributed by atoms with Crippen molar-refractivity contribution in [2.24, 2.45) is 0 Å². The maximum absolute atomic E-state index is 5.38. The standard InChI is InChI=1S/C14H16N4O2S/c1-15-12-6-13(18-14(17-12)21-2)16-7-9-3-4-10-11(5-9)20-8-19-10/h3-6H,7-8H2,1-2H3,(H2,15,16,17,18). The number of nitrogens with zero attached hydrogens (tertiary/aromatic N) is 2. The fraction of sp³-hybridized carbons (Fsp3) is 0.286. The van der Waals surface area contributed by atoms with Crippen molar-refractivity contribution in [3.05, 3.63) is 29.8 Å².